The summed E-state index contributed by atoms with van der Waals surface area (Å²) in [5.74, 6) is -0.576. The number of amides is 1. The van der Waals surface area contributed by atoms with E-state index in [-0.39, 0.29) is 5.57 Å². The number of anilines is 1. The minimum Gasteiger partial charge on any atom is -0.320 e. The lowest BCUT2D eigenvalue weighted by atomic mass is 10.2. The van der Waals surface area contributed by atoms with Gasteiger partial charge < -0.3 is 5.32 Å². The summed E-state index contributed by atoms with van der Waals surface area (Å²) in [5, 5.41) is 15.1. The highest BCUT2D eigenvalue weighted by atomic mass is 35.5. The maximum absolute atomic E-state index is 12.4. The van der Waals surface area contributed by atoms with Crippen LogP contribution in [0.25, 0.3) is 17.3 Å². The number of thiazole rings is 1. The highest BCUT2D eigenvalue weighted by molar-refractivity contribution is 7.10. The zero-order valence-electron chi connectivity index (χ0n) is 13.2. The maximum Gasteiger partial charge on any atom is 0.266 e. The fourth-order valence-corrected chi connectivity index (χ4v) is 3.25. The minimum absolute atomic E-state index is 0.0741. The Labute approximate surface area is 164 Å². The van der Waals surface area contributed by atoms with E-state index in [1.165, 1.54) is 23.5 Å². The summed E-state index contributed by atoms with van der Waals surface area (Å²) in [6.07, 6.45) is 1.45. The number of halogens is 2. The van der Waals surface area contributed by atoms with Crippen molar-refractivity contribution in [3.05, 3.63) is 74.5 Å². The monoisotopic (exact) mass is 399 g/mol. The van der Waals surface area contributed by atoms with E-state index >= 15 is 0 Å². The lowest BCUT2D eigenvalue weighted by Gasteiger charge is -2.06. The number of rotatable bonds is 4. The number of hydrogen-bond donors (Lipinski definition) is 1. The molecule has 128 valence electrons. The van der Waals surface area contributed by atoms with Crippen LogP contribution >= 0.6 is 34.5 Å². The standard InChI is InChI=1S/C19H11Cl2N3OS/c20-14-6-7-15(21)16(9-14)24-19(25)13(10-22)8-18-23-17(11-26-18)12-4-2-1-3-5-12/h1-9,11H,(H,24,25)/b13-8+. The summed E-state index contributed by atoms with van der Waals surface area (Å²) in [5.41, 5.74) is 2.03. The van der Waals surface area contributed by atoms with E-state index in [0.29, 0.717) is 20.7 Å². The topological polar surface area (TPSA) is 65.8 Å². The van der Waals surface area contributed by atoms with E-state index in [2.05, 4.69) is 10.3 Å². The molecule has 1 N–H and O–H groups in total. The molecule has 4 nitrogen and oxygen atoms in total. The Balaban J connectivity index is 1.82. The molecule has 0 saturated carbocycles. The van der Waals surface area contributed by atoms with Crippen LogP contribution in [0.2, 0.25) is 10.0 Å². The Morgan fingerprint density at radius 1 is 1.19 bits per heavy atom. The predicted octanol–water partition coefficient (Wildman–Crippen LogP) is 5.66. The van der Waals surface area contributed by atoms with Crippen LogP contribution in [-0.2, 0) is 4.79 Å². The first-order valence-corrected chi connectivity index (χ1v) is 9.09. The van der Waals surface area contributed by atoms with Gasteiger partial charge in [-0.3, -0.25) is 4.79 Å². The molecule has 1 amide bonds. The molecule has 7 heteroatoms. The second kappa shape index (κ2) is 8.15. The molecule has 0 aliphatic carbocycles. The van der Waals surface area contributed by atoms with E-state index in [1.807, 2.05) is 41.8 Å². The molecular formula is C19H11Cl2N3OS. The molecular weight excluding hydrogens is 389 g/mol. The zero-order chi connectivity index (χ0) is 18.5. The molecule has 0 bridgehead atoms. The van der Waals surface area contributed by atoms with E-state index in [1.54, 1.807) is 12.1 Å². The minimum atomic E-state index is -0.576. The molecule has 0 radical (unpaired) electrons. The molecule has 0 aliphatic heterocycles. The molecule has 1 heterocycles. The van der Waals surface area contributed by atoms with Gasteiger partial charge in [0.05, 0.1) is 16.4 Å². The van der Waals surface area contributed by atoms with Crippen molar-refractivity contribution in [3.63, 3.8) is 0 Å². The fourth-order valence-electron chi connectivity index (χ4n) is 2.15. The van der Waals surface area contributed by atoms with Crippen molar-refractivity contribution in [3.8, 4) is 17.3 Å². The number of benzene rings is 2. The number of hydrogen-bond acceptors (Lipinski definition) is 4. The largest absolute Gasteiger partial charge is 0.320 e. The van der Waals surface area contributed by atoms with Crippen LogP contribution in [0.3, 0.4) is 0 Å². The molecule has 0 fully saturated rings. The maximum atomic E-state index is 12.4. The quantitative estimate of drug-likeness (QED) is 0.454. The van der Waals surface area contributed by atoms with Gasteiger partial charge in [0.2, 0.25) is 0 Å². The summed E-state index contributed by atoms with van der Waals surface area (Å²) in [4.78, 5) is 16.8. The van der Waals surface area contributed by atoms with E-state index < -0.39 is 5.91 Å². The first kappa shape index (κ1) is 18.2. The summed E-state index contributed by atoms with van der Waals surface area (Å²) in [7, 11) is 0. The van der Waals surface area contributed by atoms with E-state index in [4.69, 9.17) is 23.2 Å². The molecule has 0 unspecified atom stereocenters. The Morgan fingerprint density at radius 3 is 2.69 bits per heavy atom. The van der Waals surface area contributed by atoms with Crippen LogP contribution in [0.4, 0.5) is 5.69 Å². The van der Waals surface area contributed by atoms with Gasteiger partial charge in [-0.1, -0.05) is 53.5 Å². The van der Waals surface area contributed by atoms with Gasteiger partial charge >= 0.3 is 0 Å². The number of carbonyl (C=O) groups excluding carboxylic acids is 1. The van der Waals surface area contributed by atoms with Crippen molar-refractivity contribution in [1.82, 2.24) is 4.98 Å². The molecule has 1 aromatic heterocycles. The van der Waals surface area contributed by atoms with Gasteiger partial charge in [-0.05, 0) is 24.3 Å². The van der Waals surface area contributed by atoms with Crippen molar-refractivity contribution in [1.29, 1.82) is 5.26 Å². The Kier molecular flexibility index (Phi) is 5.69. The van der Waals surface area contributed by atoms with Crippen molar-refractivity contribution in [2.45, 2.75) is 0 Å². The van der Waals surface area contributed by atoms with Gasteiger partial charge in [0.1, 0.15) is 16.6 Å². The lowest BCUT2D eigenvalue weighted by molar-refractivity contribution is -0.112. The van der Waals surface area contributed by atoms with Gasteiger partial charge in [-0.25, -0.2) is 4.98 Å². The van der Waals surface area contributed by atoms with E-state index in [0.717, 1.165) is 11.3 Å². The number of carbonyl (C=O) groups is 1. The normalized spacial score (nSPS) is 11.0. The van der Waals surface area contributed by atoms with Crippen LogP contribution in [0, 0.1) is 11.3 Å². The summed E-state index contributed by atoms with van der Waals surface area (Å²) in [6, 6.07) is 16.3. The van der Waals surface area contributed by atoms with Gasteiger partial charge in [0, 0.05) is 16.0 Å². The highest BCUT2D eigenvalue weighted by Crippen LogP contribution is 2.26. The molecule has 0 aliphatic rings. The molecule has 3 rings (SSSR count). The van der Waals surface area contributed by atoms with Gasteiger partial charge in [-0.2, -0.15) is 5.26 Å². The molecule has 3 aromatic rings. The third kappa shape index (κ3) is 4.30. The third-order valence-electron chi connectivity index (χ3n) is 3.40. The van der Waals surface area contributed by atoms with Gasteiger partial charge in [0.25, 0.3) is 5.91 Å². The molecule has 0 saturated heterocycles. The van der Waals surface area contributed by atoms with Crippen LogP contribution in [-0.4, -0.2) is 10.9 Å². The Bertz CT molecular complexity index is 1020. The third-order valence-corrected chi connectivity index (χ3v) is 4.76. The first-order valence-electron chi connectivity index (χ1n) is 7.46. The molecule has 2 aromatic carbocycles. The average molecular weight is 400 g/mol. The molecule has 0 atom stereocenters. The molecule has 26 heavy (non-hydrogen) atoms. The Morgan fingerprint density at radius 2 is 1.96 bits per heavy atom. The zero-order valence-corrected chi connectivity index (χ0v) is 15.6. The SMILES string of the molecule is N#C/C(=C\c1nc(-c2ccccc2)cs1)C(=O)Nc1cc(Cl)ccc1Cl. The number of aromatic nitrogens is 1. The summed E-state index contributed by atoms with van der Waals surface area (Å²) >= 11 is 13.3. The lowest BCUT2D eigenvalue weighted by Crippen LogP contribution is -2.13. The molecule has 0 spiro atoms. The second-order valence-electron chi connectivity index (χ2n) is 5.19. The van der Waals surface area contributed by atoms with Crippen molar-refractivity contribution in [2.75, 3.05) is 5.32 Å². The van der Waals surface area contributed by atoms with E-state index in [9.17, 15) is 10.1 Å². The summed E-state index contributed by atoms with van der Waals surface area (Å²) in [6.45, 7) is 0. The fraction of sp³-hybridized carbons (Fsp3) is 0. The Hall–Kier alpha value is -2.65. The summed E-state index contributed by atoms with van der Waals surface area (Å²) < 4.78 is 0. The van der Waals surface area contributed by atoms with Gasteiger partial charge in [-0.15, -0.1) is 11.3 Å². The number of nitrogens with one attached hydrogen (secondary N) is 1. The number of nitrogens with zero attached hydrogens (tertiary/aromatic N) is 2. The second-order valence-corrected chi connectivity index (χ2v) is 6.92. The van der Waals surface area contributed by atoms with Crippen LogP contribution < -0.4 is 5.32 Å². The van der Waals surface area contributed by atoms with Crippen LogP contribution in [0.15, 0.2) is 59.5 Å². The average Bonchev–Trinajstić information content (AvgIpc) is 3.12. The van der Waals surface area contributed by atoms with Crippen molar-refractivity contribution >= 4 is 52.2 Å². The first-order chi connectivity index (χ1) is 12.6. The van der Waals surface area contributed by atoms with Crippen LogP contribution in [0.1, 0.15) is 5.01 Å². The predicted molar refractivity (Wildman–Crippen MR) is 106 cm³/mol. The van der Waals surface area contributed by atoms with Gasteiger partial charge in [0.15, 0.2) is 0 Å². The van der Waals surface area contributed by atoms with Crippen molar-refractivity contribution < 1.29 is 4.79 Å². The van der Waals surface area contributed by atoms with Crippen LogP contribution in [0.5, 0.6) is 0 Å². The number of nitriles is 1. The smallest absolute Gasteiger partial charge is 0.266 e. The van der Waals surface area contributed by atoms with Crippen molar-refractivity contribution in [2.24, 2.45) is 0 Å². The highest BCUT2D eigenvalue weighted by Gasteiger charge is 2.13.